The van der Waals surface area contributed by atoms with Crippen LogP contribution in [0.15, 0.2) is 0 Å². The van der Waals surface area contributed by atoms with Crippen LogP contribution in [-0.2, 0) is 4.74 Å². The molecule has 2 fully saturated rings. The Hall–Kier alpha value is -0.910. The summed E-state index contributed by atoms with van der Waals surface area (Å²) < 4.78 is 33.8. The summed E-state index contributed by atoms with van der Waals surface area (Å²) in [7, 11) is 0. The Balaban J connectivity index is 2.04. The van der Waals surface area contributed by atoms with Crippen LogP contribution < -0.4 is 5.32 Å². The van der Waals surface area contributed by atoms with E-state index in [4.69, 9.17) is 4.74 Å². The Morgan fingerprint density at radius 1 is 1.32 bits per heavy atom. The number of rotatable bonds is 0. The molecule has 0 bridgehead atoms. The number of hydrogen-bond donors (Lipinski definition) is 1. The van der Waals surface area contributed by atoms with Gasteiger partial charge in [0.05, 0.1) is 12.0 Å². The standard InChI is InChI=1S/C13H22F2N2O2/c1-11(2,3)19-10(18)17-7-5-12(4-6-16-8-12)13(14,15)9-17/h16H,4-9H2,1-3H3/t12-/m1/s1. The van der Waals surface area contributed by atoms with E-state index in [1.54, 1.807) is 20.8 Å². The molecule has 0 unspecified atom stereocenters. The average molecular weight is 276 g/mol. The van der Waals surface area contributed by atoms with E-state index in [1.165, 1.54) is 0 Å². The fourth-order valence-electron chi connectivity index (χ4n) is 2.77. The van der Waals surface area contributed by atoms with Crippen molar-refractivity contribution >= 4 is 6.09 Å². The fourth-order valence-corrected chi connectivity index (χ4v) is 2.77. The molecular formula is C13H22F2N2O2. The van der Waals surface area contributed by atoms with Crippen LogP contribution in [0.3, 0.4) is 0 Å². The number of nitrogens with zero attached hydrogens (tertiary/aromatic N) is 1. The van der Waals surface area contributed by atoms with E-state index in [1.807, 2.05) is 0 Å². The first-order chi connectivity index (χ1) is 8.65. The Morgan fingerprint density at radius 2 is 2.00 bits per heavy atom. The van der Waals surface area contributed by atoms with E-state index in [0.29, 0.717) is 32.5 Å². The van der Waals surface area contributed by atoms with Gasteiger partial charge in [-0.1, -0.05) is 0 Å². The zero-order valence-corrected chi connectivity index (χ0v) is 11.8. The highest BCUT2D eigenvalue weighted by Gasteiger charge is 2.58. The van der Waals surface area contributed by atoms with Gasteiger partial charge in [0.25, 0.3) is 5.92 Å². The minimum Gasteiger partial charge on any atom is -0.444 e. The summed E-state index contributed by atoms with van der Waals surface area (Å²) in [5.74, 6) is -2.86. The van der Waals surface area contributed by atoms with Gasteiger partial charge in [0, 0.05) is 13.1 Å². The van der Waals surface area contributed by atoms with Crippen LogP contribution in [0.4, 0.5) is 13.6 Å². The molecule has 19 heavy (non-hydrogen) atoms. The molecule has 2 heterocycles. The number of alkyl halides is 2. The van der Waals surface area contributed by atoms with Crippen LogP contribution in [0, 0.1) is 5.41 Å². The third-order valence-corrected chi connectivity index (χ3v) is 3.92. The monoisotopic (exact) mass is 276 g/mol. The molecule has 2 aliphatic rings. The normalized spacial score (nSPS) is 30.7. The molecule has 1 atom stereocenters. The summed E-state index contributed by atoms with van der Waals surface area (Å²) in [6.45, 7) is 5.96. The number of likely N-dealkylation sites (tertiary alicyclic amines) is 1. The van der Waals surface area contributed by atoms with Crippen LogP contribution >= 0.6 is 0 Å². The number of amides is 1. The summed E-state index contributed by atoms with van der Waals surface area (Å²) >= 11 is 0. The molecule has 0 radical (unpaired) electrons. The molecule has 2 rings (SSSR count). The highest BCUT2D eigenvalue weighted by molar-refractivity contribution is 5.68. The number of halogens is 2. The molecule has 0 aliphatic carbocycles. The molecule has 1 spiro atoms. The van der Waals surface area contributed by atoms with Crippen molar-refractivity contribution in [2.75, 3.05) is 26.2 Å². The number of hydrogen-bond acceptors (Lipinski definition) is 3. The van der Waals surface area contributed by atoms with Gasteiger partial charge in [-0.2, -0.15) is 0 Å². The third kappa shape index (κ3) is 2.83. The lowest BCUT2D eigenvalue weighted by molar-refractivity contribution is -0.157. The minimum atomic E-state index is -2.86. The van der Waals surface area contributed by atoms with Crippen LogP contribution in [0.2, 0.25) is 0 Å². The Labute approximate surface area is 112 Å². The molecule has 2 aliphatic heterocycles. The molecule has 2 saturated heterocycles. The van der Waals surface area contributed by atoms with Crippen molar-refractivity contribution in [3.8, 4) is 0 Å². The third-order valence-electron chi connectivity index (χ3n) is 3.92. The quantitative estimate of drug-likeness (QED) is 0.738. The van der Waals surface area contributed by atoms with Crippen molar-refractivity contribution in [3.63, 3.8) is 0 Å². The maximum Gasteiger partial charge on any atom is 0.410 e. The highest BCUT2D eigenvalue weighted by Crippen LogP contribution is 2.47. The predicted octanol–water partition coefficient (Wildman–Crippen LogP) is 2.24. The number of piperidine rings is 1. The second-order valence-corrected chi connectivity index (χ2v) is 6.56. The average Bonchev–Trinajstić information content (AvgIpc) is 2.70. The minimum absolute atomic E-state index is 0.326. The smallest absolute Gasteiger partial charge is 0.410 e. The number of ether oxygens (including phenoxy) is 1. The van der Waals surface area contributed by atoms with Crippen LogP contribution in [-0.4, -0.2) is 48.7 Å². The van der Waals surface area contributed by atoms with Gasteiger partial charge in [-0.05, 0) is 40.2 Å². The summed E-state index contributed by atoms with van der Waals surface area (Å²) in [5.41, 5.74) is -1.64. The van der Waals surface area contributed by atoms with E-state index in [0.717, 1.165) is 4.90 Å². The molecule has 6 heteroatoms. The van der Waals surface area contributed by atoms with Gasteiger partial charge in [0.15, 0.2) is 0 Å². The lowest BCUT2D eigenvalue weighted by atomic mass is 9.74. The van der Waals surface area contributed by atoms with Gasteiger partial charge in [-0.25, -0.2) is 13.6 Å². The highest BCUT2D eigenvalue weighted by atomic mass is 19.3. The molecule has 0 saturated carbocycles. The van der Waals surface area contributed by atoms with Crippen molar-refractivity contribution < 1.29 is 18.3 Å². The molecule has 0 aromatic rings. The first-order valence-electron chi connectivity index (χ1n) is 6.72. The summed E-state index contributed by atoms with van der Waals surface area (Å²) in [5, 5.41) is 3.01. The van der Waals surface area contributed by atoms with E-state index in [-0.39, 0.29) is 0 Å². The summed E-state index contributed by atoms with van der Waals surface area (Å²) in [6.07, 6.45) is 0.155. The number of carbonyl (C=O) groups is 1. The van der Waals surface area contributed by atoms with E-state index in [9.17, 15) is 13.6 Å². The molecular weight excluding hydrogens is 254 g/mol. The lowest BCUT2D eigenvalue weighted by Gasteiger charge is -2.45. The maximum absolute atomic E-state index is 14.3. The van der Waals surface area contributed by atoms with Crippen molar-refractivity contribution in [1.82, 2.24) is 10.2 Å². The van der Waals surface area contributed by atoms with E-state index < -0.39 is 29.6 Å². The first kappa shape index (κ1) is 14.5. The molecule has 110 valence electrons. The molecule has 1 N–H and O–H groups in total. The van der Waals surface area contributed by atoms with Crippen LogP contribution in [0.5, 0.6) is 0 Å². The SMILES string of the molecule is CC(C)(C)OC(=O)N1CC[C@@]2(CCNC2)C(F)(F)C1. The molecule has 1 amide bonds. The Kier molecular flexibility index (Phi) is 3.49. The second kappa shape index (κ2) is 4.58. The van der Waals surface area contributed by atoms with Crippen molar-refractivity contribution in [2.24, 2.45) is 5.41 Å². The van der Waals surface area contributed by atoms with Crippen molar-refractivity contribution in [1.29, 1.82) is 0 Å². The van der Waals surface area contributed by atoms with Gasteiger partial charge in [-0.15, -0.1) is 0 Å². The molecule has 4 nitrogen and oxygen atoms in total. The zero-order chi connectivity index (χ0) is 14.3. The van der Waals surface area contributed by atoms with E-state index >= 15 is 0 Å². The fraction of sp³-hybridized carbons (Fsp3) is 0.923. The maximum atomic E-state index is 14.3. The second-order valence-electron chi connectivity index (χ2n) is 6.56. The largest absolute Gasteiger partial charge is 0.444 e. The Morgan fingerprint density at radius 3 is 2.47 bits per heavy atom. The number of carbonyl (C=O) groups excluding carboxylic acids is 1. The zero-order valence-electron chi connectivity index (χ0n) is 11.8. The molecule has 0 aromatic heterocycles. The summed E-state index contributed by atoms with van der Waals surface area (Å²) in [6, 6.07) is 0. The van der Waals surface area contributed by atoms with Gasteiger partial charge in [0.2, 0.25) is 0 Å². The van der Waals surface area contributed by atoms with Crippen molar-refractivity contribution in [3.05, 3.63) is 0 Å². The summed E-state index contributed by atoms with van der Waals surface area (Å²) in [4.78, 5) is 13.0. The van der Waals surface area contributed by atoms with Gasteiger partial charge in [0.1, 0.15) is 5.60 Å². The molecule has 0 aromatic carbocycles. The van der Waals surface area contributed by atoms with E-state index in [2.05, 4.69) is 5.32 Å². The van der Waals surface area contributed by atoms with Crippen molar-refractivity contribution in [2.45, 2.75) is 45.1 Å². The topological polar surface area (TPSA) is 41.6 Å². The van der Waals surface area contributed by atoms with Gasteiger partial charge >= 0.3 is 6.09 Å². The Bertz CT molecular complexity index is 360. The number of nitrogens with one attached hydrogen (secondary N) is 1. The van der Waals surface area contributed by atoms with Gasteiger partial charge in [-0.3, -0.25) is 0 Å². The van der Waals surface area contributed by atoms with Gasteiger partial charge < -0.3 is 15.0 Å². The van der Waals surface area contributed by atoms with Crippen LogP contribution in [0.25, 0.3) is 0 Å². The van der Waals surface area contributed by atoms with Crippen LogP contribution in [0.1, 0.15) is 33.6 Å². The lowest BCUT2D eigenvalue weighted by Crippen LogP contribution is -2.58. The first-order valence-corrected chi connectivity index (χ1v) is 6.72. The predicted molar refractivity (Wildman–Crippen MR) is 67.3 cm³/mol.